The Hall–Kier alpha value is -1.11. The van der Waals surface area contributed by atoms with Crippen molar-refractivity contribution < 1.29 is 9.47 Å². The molecule has 2 aliphatic rings. The lowest BCUT2D eigenvalue weighted by molar-refractivity contribution is 0.0362. The molecule has 1 aromatic heterocycles. The lowest BCUT2D eigenvalue weighted by Crippen LogP contribution is -2.54. The van der Waals surface area contributed by atoms with Crippen molar-refractivity contribution in [1.29, 1.82) is 0 Å². The van der Waals surface area contributed by atoms with Gasteiger partial charge in [-0.25, -0.2) is 4.98 Å². The molecule has 3 rings (SSSR count). The summed E-state index contributed by atoms with van der Waals surface area (Å²) in [6.45, 7) is 3.08. The van der Waals surface area contributed by atoms with Gasteiger partial charge < -0.3 is 19.3 Å². The second-order valence-electron chi connectivity index (χ2n) is 5.69. The van der Waals surface area contributed by atoms with Crippen LogP contribution in [0.3, 0.4) is 0 Å². The third-order valence-corrected chi connectivity index (χ3v) is 4.69. The molecule has 0 saturated carbocycles. The number of aromatic nitrogens is 2. The number of nitrogens with zero attached hydrogens (tertiary/aromatic N) is 4. The van der Waals surface area contributed by atoms with Gasteiger partial charge >= 0.3 is 0 Å². The van der Waals surface area contributed by atoms with E-state index in [1.165, 1.54) is 0 Å². The first-order valence-electron chi connectivity index (χ1n) is 7.24. The Morgan fingerprint density at radius 1 is 1.43 bits per heavy atom. The molecule has 1 aromatic rings. The molecule has 0 aliphatic carbocycles. The molecule has 0 radical (unpaired) electrons. The zero-order valence-corrected chi connectivity index (χ0v) is 13.3. The maximum atomic E-state index is 6.01. The van der Waals surface area contributed by atoms with Crippen molar-refractivity contribution in [3.8, 4) is 0 Å². The average Bonchev–Trinajstić information content (AvgIpc) is 2.83. The van der Waals surface area contributed by atoms with E-state index in [-0.39, 0.29) is 5.54 Å². The Kier molecular flexibility index (Phi) is 4.19. The van der Waals surface area contributed by atoms with Crippen molar-refractivity contribution in [2.45, 2.75) is 24.8 Å². The lowest BCUT2D eigenvalue weighted by atomic mass is 9.85. The Balaban J connectivity index is 1.95. The summed E-state index contributed by atoms with van der Waals surface area (Å²) in [5, 5.41) is 0.294. The van der Waals surface area contributed by atoms with Crippen LogP contribution in [0.1, 0.15) is 19.3 Å². The van der Waals surface area contributed by atoms with Crippen LogP contribution in [-0.4, -0.2) is 56.2 Å². The van der Waals surface area contributed by atoms with Crippen LogP contribution >= 0.6 is 11.6 Å². The van der Waals surface area contributed by atoms with E-state index in [0.717, 1.165) is 57.3 Å². The molecule has 0 atom stereocenters. The summed E-state index contributed by atoms with van der Waals surface area (Å²) in [7, 11) is 3.80. The summed E-state index contributed by atoms with van der Waals surface area (Å²) >= 11 is 6.01. The first-order chi connectivity index (χ1) is 10.2. The molecule has 7 heteroatoms. The molecule has 1 fully saturated rings. The molecule has 6 nitrogen and oxygen atoms in total. The maximum absolute atomic E-state index is 6.01. The van der Waals surface area contributed by atoms with Gasteiger partial charge in [-0.2, -0.15) is 4.98 Å². The second kappa shape index (κ2) is 5.94. The van der Waals surface area contributed by atoms with Crippen molar-refractivity contribution in [2.75, 3.05) is 50.4 Å². The van der Waals surface area contributed by atoms with Crippen LogP contribution in [0.15, 0.2) is 6.20 Å². The van der Waals surface area contributed by atoms with Gasteiger partial charge in [0.1, 0.15) is 0 Å². The number of ether oxygens (including phenoxy) is 2. The largest absolute Gasteiger partial charge is 0.385 e. The van der Waals surface area contributed by atoms with Gasteiger partial charge in [-0.3, -0.25) is 0 Å². The van der Waals surface area contributed by atoms with E-state index in [2.05, 4.69) is 26.8 Å². The van der Waals surface area contributed by atoms with Crippen LogP contribution in [0.5, 0.6) is 0 Å². The highest BCUT2D eigenvalue weighted by Crippen LogP contribution is 2.42. The number of hydrogen-bond acceptors (Lipinski definition) is 6. The smallest absolute Gasteiger partial charge is 0.224 e. The first-order valence-corrected chi connectivity index (χ1v) is 7.62. The molecule has 0 bridgehead atoms. The molecule has 0 spiro atoms. The number of fused-ring (bicyclic) bond motifs is 1. The highest BCUT2D eigenvalue weighted by atomic mass is 35.5. The summed E-state index contributed by atoms with van der Waals surface area (Å²) in [5.41, 5.74) is 1.05. The fourth-order valence-corrected chi connectivity index (χ4v) is 3.37. The quantitative estimate of drug-likeness (QED) is 0.792. The summed E-state index contributed by atoms with van der Waals surface area (Å²) in [4.78, 5) is 13.1. The topological polar surface area (TPSA) is 50.7 Å². The minimum absolute atomic E-state index is 0.0193. The standard InChI is InChI=1S/C14H21ClN4O2/c1-18-10-19(12-11(18)9-16-13(15)17-12)14(3-6-20-2)4-7-21-8-5-14/h9H,3-8,10H2,1-2H3. The van der Waals surface area contributed by atoms with Crippen LogP contribution in [0.2, 0.25) is 5.28 Å². The molecule has 0 N–H and O–H groups in total. The lowest BCUT2D eigenvalue weighted by Gasteiger charge is -2.45. The zero-order valence-electron chi connectivity index (χ0n) is 12.5. The highest BCUT2D eigenvalue weighted by Gasteiger charge is 2.43. The highest BCUT2D eigenvalue weighted by molar-refractivity contribution is 6.28. The third kappa shape index (κ3) is 2.67. The fourth-order valence-electron chi connectivity index (χ4n) is 3.24. The monoisotopic (exact) mass is 312 g/mol. The number of halogens is 1. The van der Waals surface area contributed by atoms with Crippen LogP contribution in [0.25, 0.3) is 0 Å². The number of hydrogen-bond donors (Lipinski definition) is 0. The number of rotatable bonds is 4. The van der Waals surface area contributed by atoms with Crippen molar-refractivity contribution in [3.63, 3.8) is 0 Å². The van der Waals surface area contributed by atoms with E-state index < -0.39 is 0 Å². The molecule has 0 unspecified atom stereocenters. The van der Waals surface area contributed by atoms with Crippen molar-refractivity contribution in [3.05, 3.63) is 11.5 Å². The second-order valence-corrected chi connectivity index (χ2v) is 6.03. The average molecular weight is 313 g/mol. The summed E-state index contributed by atoms with van der Waals surface area (Å²) in [5.74, 6) is 0.926. The van der Waals surface area contributed by atoms with Crippen LogP contribution < -0.4 is 9.80 Å². The molecule has 21 heavy (non-hydrogen) atoms. The number of methoxy groups -OCH3 is 1. The number of anilines is 2. The summed E-state index contributed by atoms with van der Waals surface area (Å²) in [6, 6.07) is 0. The van der Waals surface area contributed by atoms with Gasteiger partial charge in [0.05, 0.1) is 24.1 Å². The molecule has 0 amide bonds. The zero-order chi connectivity index (χ0) is 14.9. The molecule has 116 valence electrons. The Bertz CT molecular complexity index is 508. The van der Waals surface area contributed by atoms with Gasteiger partial charge in [-0.15, -0.1) is 0 Å². The first kappa shape index (κ1) is 14.8. The Morgan fingerprint density at radius 2 is 2.19 bits per heavy atom. The van der Waals surface area contributed by atoms with Gasteiger partial charge in [0.2, 0.25) is 5.28 Å². The van der Waals surface area contributed by atoms with E-state index in [1.54, 1.807) is 13.3 Å². The van der Waals surface area contributed by atoms with Gasteiger partial charge in [-0.05, 0) is 30.9 Å². The molecule has 0 aromatic carbocycles. The fraction of sp³-hybridized carbons (Fsp3) is 0.714. The van der Waals surface area contributed by atoms with E-state index >= 15 is 0 Å². The molecular formula is C14H21ClN4O2. The Morgan fingerprint density at radius 3 is 2.90 bits per heavy atom. The van der Waals surface area contributed by atoms with E-state index in [0.29, 0.717) is 5.28 Å². The molecular weight excluding hydrogens is 292 g/mol. The predicted octanol–water partition coefficient (Wildman–Crippen LogP) is 1.93. The minimum atomic E-state index is 0.0193. The Labute approximate surface area is 130 Å². The van der Waals surface area contributed by atoms with Crippen molar-refractivity contribution in [1.82, 2.24) is 9.97 Å². The predicted molar refractivity (Wildman–Crippen MR) is 82.1 cm³/mol. The molecule has 1 saturated heterocycles. The van der Waals surface area contributed by atoms with Crippen LogP contribution in [-0.2, 0) is 9.47 Å². The van der Waals surface area contributed by atoms with Crippen LogP contribution in [0.4, 0.5) is 11.5 Å². The SMILES string of the molecule is COCCC1(N2CN(C)c3cnc(Cl)nc32)CCOCC1. The molecule has 2 aliphatic heterocycles. The van der Waals surface area contributed by atoms with Crippen molar-refractivity contribution >= 4 is 23.1 Å². The third-order valence-electron chi connectivity index (χ3n) is 4.51. The van der Waals surface area contributed by atoms with E-state index in [9.17, 15) is 0 Å². The van der Waals surface area contributed by atoms with Crippen molar-refractivity contribution in [2.24, 2.45) is 0 Å². The van der Waals surface area contributed by atoms with E-state index in [1.807, 2.05) is 0 Å². The van der Waals surface area contributed by atoms with Crippen LogP contribution in [0, 0.1) is 0 Å². The van der Waals surface area contributed by atoms with Gasteiger partial charge in [0.15, 0.2) is 5.82 Å². The van der Waals surface area contributed by atoms with Gasteiger partial charge in [0, 0.05) is 34.0 Å². The maximum Gasteiger partial charge on any atom is 0.224 e. The minimum Gasteiger partial charge on any atom is -0.385 e. The van der Waals surface area contributed by atoms with Gasteiger partial charge in [0.25, 0.3) is 0 Å². The van der Waals surface area contributed by atoms with Gasteiger partial charge in [-0.1, -0.05) is 0 Å². The molecule has 3 heterocycles. The summed E-state index contributed by atoms with van der Waals surface area (Å²) < 4.78 is 10.9. The normalized spacial score (nSPS) is 20.7. The van der Waals surface area contributed by atoms with E-state index in [4.69, 9.17) is 21.1 Å². The summed E-state index contributed by atoms with van der Waals surface area (Å²) in [6.07, 6.45) is 4.71.